The number of nitrogens with one attached hydrogen (secondary N) is 2. The number of primary amides is 1. The topological polar surface area (TPSA) is 80.0 Å². The number of hydrogen-bond donors (Lipinski definition) is 3. The number of nitrogens with two attached hydrogens (primary N) is 1. The fraction of sp³-hybridized carbons (Fsp3) is 0.200. The van der Waals surface area contributed by atoms with Crippen molar-refractivity contribution in [2.75, 3.05) is 18.4 Å². The molecule has 0 unspecified atom stereocenters. The number of amides is 1. The Morgan fingerprint density at radius 1 is 1.48 bits per heavy atom. The number of benzene rings is 1. The van der Waals surface area contributed by atoms with Gasteiger partial charge in [-0.25, -0.2) is 4.39 Å². The van der Waals surface area contributed by atoms with Crippen molar-refractivity contribution >= 4 is 44.8 Å². The third-order valence-corrected chi connectivity index (χ3v) is 4.47. The summed E-state index contributed by atoms with van der Waals surface area (Å²) < 4.78 is 14.9. The lowest BCUT2D eigenvalue weighted by Crippen LogP contribution is -2.41. The normalized spacial score (nSPS) is 14.4. The van der Waals surface area contributed by atoms with Gasteiger partial charge in [0.15, 0.2) is 5.82 Å². The van der Waals surface area contributed by atoms with Crippen LogP contribution in [0, 0.1) is 5.82 Å². The second kappa shape index (κ2) is 6.43. The zero-order valence-electron chi connectivity index (χ0n) is 11.9. The summed E-state index contributed by atoms with van der Waals surface area (Å²) in [6, 6.07) is 5.21. The lowest BCUT2D eigenvalue weighted by Gasteiger charge is -2.29. The van der Waals surface area contributed by atoms with Crippen molar-refractivity contribution in [2.24, 2.45) is 5.73 Å². The van der Waals surface area contributed by atoms with E-state index in [0.29, 0.717) is 29.5 Å². The van der Waals surface area contributed by atoms with E-state index in [-0.39, 0.29) is 17.2 Å². The molecule has 4 N–H and O–H groups in total. The summed E-state index contributed by atoms with van der Waals surface area (Å²) in [5.74, 6) is -1.52. The highest BCUT2D eigenvalue weighted by Gasteiger charge is 2.28. The molecule has 0 aliphatic carbocycles. The maximum atomic E-state index is 14.1. The standard InChI is InChI=1S/C15H13BrClFN4O/c16-8-1-2-11(9(17)3-8)22-14-12(15(19)23)10(18)6-21-13(14)7-4-20-5-7/h1-3,6-7,20,22H,4-5H2,(H2,19,23). The molecular weight excluding hydrogens is 387 g/mol. The van der Waals surface area contributed by atoms with Crippen LogP contribution in [0.25, 0.3) is 0 Å². The number of anilines is 2. The van der Waals surface area contributed by atoms with Crippen LogP contribution >= 0.6 is 27.5 Å². The third-order valence-electron chi connectivity index (χ3n) is 3.67. The summed E-state index contributed by atoms with van der Waals surface area (Å²) in [4.78, 5) is 15.9. The summed E-state index contributed by atoms with van der Waals surface area (Å²) in [6.45, 7) is 1.42. The van der Waals surface area contributed by atoms with Crippen LogP contribution in [0.15, 0.2) is 28.9 Å². The molecule has 8 heteroatoms. The van der Waals surface area contributed by atoms with E-state index in [2.05, 4.69) is 31.5 Å². The SMILES string of the molecule is NC(=O)c1c(F)cnc(C2CNC2)c1Nc1ccc(Br)cc1Cl. The van der Waals surface area contributed by atoms with E-state index in [1.807, 2.05) is 0 Å². The van der Waals surface area contributed by atoms with E-state index in [9.17, 15) is 9.18 Å². The van der Waals surface area contributed by atoms with Crippen molar-refractivity contribution in [3.8, 4) is 0 Å². The number of carbonyl (C=O) groups is 1. The van der Waals surface area contributed by atoms with Crippen LogP contribution in [0.1, 0.15) is 22.0 Å². The van der Waals surface area contributed by atoms with Gasteiger partial charge in [-0.05, 0) is 18.2 Å². The van der Waals surface area contributed by atoms with Crippen molar-refractivity contribution < 1.29 is 9.18 Å². The molecule has 3 rings (SSSR count). The van der Waals surface area contributed by atoms with Gasteiger partial charge in [-0.15, -0.1) is 0 Å². The second-order valence-corrected chi connectivity index (χ2v) is 6.53. The minimum Gasteiger partial charge on any atom is -0.365 e. The molecule has 1 amide bonds. The number of halogens is 3. The average molecular weight is 400 g/mol. The molecule has 0 bridgehead atoms. The Kier molecular flexibility index (Phi) is 4.52. The van der Waals surface area contributed by atoms with Crippen LogP contribution < -0.4 is 16.4 Å². The van der Waals surface area contributed by atoms with Gasteiger partial charge in [0.05, 0.1) is 28.3 Å². The number of rotatable bonds is 4. The molecule has 1 aromatic heterocycles. The molecule has 0 saturated carbocycles. The molecule has 2 heterocycles. The lowest BCUT2D eigenvalue weighted by atomic mass is 9.95. The van der Waals surface area contributed by atoms with E-state index in [4.69, 9.17) is 17.3 Å². The van der Waals surface area contributed by atoms with Gasteiger partial charge >= 0.3 is 0 Å². The Morgan fingerprint density at radius 3 is 2.78 bits per heavy atom. The zero-order chi connectivity index (χ0) is 16.6. The van der Waals surface area contributed by atoms with Gasteiger partial charge in [0.25, 0.3) is 5.91 Å². The Bertz CT molecular complexity index is 782. The summed E-state index contributed by atoms with van der Waals surface area (Å²) >= 11 is 9.52. The smallest absolute Gasteiger partial charge is 0.253 e. The van der Waals surface area contributed by atoms with Gasteiger partial charge in [0.1, 0.15) is 5.56 Å². The van der Waals surface area contributed by atoms with E-state index in [1.54, 1.807) is 18.2 Å². The monoisotopic (exact) mass is 398 g/mol. The Labute approximate surface area is 145 Å². The van der Waals surface area contributed by atoms with Crippen LogP contribution in [0.4, 0.5) is 15.8 Å². The highest BCUT2D eigenvalue weighted by Crippen LogP contribution is 2.35. The average Bonchev–Trinajstić information content (AvgIpc) is 2.42. The van der Waals surface area contributed by atoms with Crippen molar-refractivity contribution in [1.82, 2.24) is 10.3 Å². The summed E-state index contributed by atoms with van der Waals surface area (Å²) in [7, 11) is 0. The van der Waals surface area contributed by atoms with Crippen LogP contribution in [0.5, 0.6) is 0 Å². The molecular formula is C15H13BrClFN4O. The Balaban J connectivity index is 2.11. The Hall–Kier alpha value is -1.70. The van der Waals surface area contributed by atoms with Crippen LogP contribution in [0.2, 0.25) is 5.02 Å². The molecule has 0 radical (unpaired) electrons. The fourth-order valence-electron chi connectivity index (χ4n) is 2.39. The van der Waals surface area contributed by atoms with Crippen molar-refractivity contribution in [2.45, 2.75) is 5.92 Å². The van der Waals surface area contributed by atoms with Crippen molar-refractivity contribution in [3.63, 3.8) is 0 Å². The highest BCUT2D eigenvalue weighted by molar-refractivity contribution is 9.10. The van der Waals surface area contributed by atoms with Gasteiger partial charge in [0.2, 0.25) is 0 Å². The number of carbonyl (C=O) groups excluding carboxylic acids is 1. The summed E-state index contributed by atoms with van der Waals surface area (Å²) in [5.41, 5.74) is 6.56. The molecule has 23 heavy (non-hydrogen) atoms. The van der Waals surface area contributed by atoms with E-state index < -0.39 is 11.7 Å². The highest BCUT2D eigenvalue weighted by atomic mass is 79.9. The van der Waals surface area contributed by atoms with Crippen LogP contribution in [0.3, 0.4) is 0 Å². The van der Waals surface area contributed by atoms with E-state index >= 15 is 0 Å². The van der Waals surface area contributed by atoms with Gasteiger partial charge < -0.3 is 16.4 Å². The predicted octanol–water partition coefficient (Wildman–Crippen LogP) is 3.17. The number of nitrogens with zero attached hydrogens (tertiary/aromatic N) is 1. The van der Waals surface area contributed by atoms with Crippen LogP contribution in [-0.4, -0.2) is 24.0 Å². The van der Waals surface area contributed by atoms with Gasteiger partial charge in [-0.1, -0.05) is 27.5 Å². The van der Waals surface area contributed by atoms with Crippen molar-refractivity contribution in [1.29, 1.82) is 0 Å². The molecule has 2 aromatic rings. The molecule has 0 atom stereocenters. The first-order chi connectivity index (χ1) is 11.0. The molecule has 1 aliphatic heterocycles. The maximum Gasteiger partial charge on any atom is 0.253 e. The third kappa shape index (κ3) is 3.17. The van der Waals surface area contributed by atoms with Crippen molar-refractivity contribution in [3.05, 3.63) is 51.0 Å². The van der Waals surface area contributed by atoms with E-state index in [0.717, 1.165) is 10.7 Å². The van der Waals surface area contributed by atoms with Gasteiger partial charge in [-0.3, -0.25) is 9.78 Å². The predicted molar refractivity (Wildman–Crippen MR) is 90.8 cm³/mol. The van der Waals surface area contributed by atoms with Gasteiger partial charge in [0, 0.05) is 23.5 Å². The fourth-order valence-corrected chi connectivity index (χ4v) is 3.11. The molecule has 1 aliphatic rings. The largest absolute Gasteiger partial charge is 0.365 e. The minimum atomic E-state index is -0.853. The Morgan fingerprint density at radius 2 is 2.22 bits per heavy atom. The zero-order valence-corrected chi connectivity index (χ0v) is 14.2. The molecule has 0 spiro atoms. The first-order valence-electron chi connectivity index (χ1n) is 6.88. The lowest BCUT2D eigenvalue weighted by molar-refractivity contribution is 0.0997. The maximum absolute atomic E-state index is 14.1. The summed E-state index contributed by atoms with van der Waals surface area (Å²) in [6.07, 6.45) is 1.03. The second-order valence-electron chi connectivity index (χ2n) is 5.21. The minimum absolute atomic E-state index is 0.0884. The van der Waals surface area contributed by atoms with E-state index in [1.165, 1.54) is 0 Å². The molecule has 120 valence electrons. The molecule has 1 saturated heterocycles. The molecule has 1 aromatic carbocycles. The van der Waals surface area contributed by atoms with Crippen LogP contribution in [-0.2, 0) is 0 Å². The quantitative estimate of drug-likeness (QED) is 0.738. The number of pyridine rings is 1. The summed E-state index contributed by atoms with van der Waals surface area (Å²) in [5, 5.41) is 6.57. The number of hydrogen-bond acceptors (Lipinski definition) is 4. The first-order valence-corrected chi connectivity index (χ1v) is 8.05. The molecule has 5 nitrogen and oxygen atoms in total. The number of aromatic nitrogens is 1. The van der Waals surface area contributed by atoms with Gasteiger partial charge in [-0.2, -0.15) is 0 Å². The first kappa shape index (κ1) is 16.2. The molecule has 1 fully saturated rings.